The first kappa shape index (κ1) is 37.9. The highest BCUT2D eigenvalue weighted by molar-refractivity contribution is 6.27. The number of nitrogens with zero attached hydrogens (tertiary/aromatic N) is 2. The van der Waals surface area contributed by atoms with Crippen LogP contribution in [0.5, 0.6) is 0 Å². The van der Waals surface area contributed by atoms with Gasteiger partial charge in [0.2, 0.25) is 0 Å². The van der Waals surface area contributed by atoms with E-state index in [4.69, 9.17) is 14.4 Å². The van der Waals surface area contributed by atoms with E-state index in [0.717, 1.165) is 94.1 Å². The van der Waals surface area contributed by atoms with Crippen molar-refractivity contribution in [2.75, 3.05) is 0 Å². The van der Waals surface area contributed by atoms with E-state index in [-0.39, 0.29) is 6.04 Å². The monoisotopic (exact) mass is 840 g/mol. The molecule has 3 heteroatoms. The minimum atomic E-state index is -0.299. The fraction of sp³-hybridized carbons (Fsp3) is 0.0159. The van der Waals surface area contributed by atoms with Gasteiger partial charge >= 0.3 is 0 Å². The van der Waals surface area contributed by atoms with Crippen LogP contribution in [0, 0.1) is 0 Å². The van der Waals surface area contributed by atoms with Crippen molar-refractivity contribution >= 4 is 76.6 Å². The van der Waals surface area contributed by atoms with Gasteiger partial charge < -0.3 is 4.42 Å². The van der Waals surface area contributed by atoms with E-state index >= 15 is 0 Å². The highest BCUT2D eigenvalue weighted by Crippen LogP contribution is 2.45. The molecule has 66 heavy (non-hydrogen) atoms. The normalized spacial score (nSPS) is 14.1. The second kappa shape index (κ2) is 15.3. The van der Waals surface area contributed by atoms with Gasteiger partial charge in [0, 0.05) is 32.9 Å². The summed E-state index contributed by atoms with van der Waals surface area (Å²) in [5.74, 6) is 0.708. The van der Waals surface area contributed by atoms with Crippen LogP contribution in [0.1, 0.15) is 22.7 Å². The van der Waals surface area contributed by atoms with Crippen molar-refractivity contribution in [1.29, 1.82) is 0 Å². The molecule has 1 unspecified atom stereocenters. The molecule has 0 spiro atoms. The quantitative estimate of drug-likeness (QED) is 0.154. The van der Waals surface area contributed by atoms with E-state index in [1.165, 1.54) is 32.3 Å². The molecule has 2 heterocycles. The van der Waals surface area contributed by atoms with Crippen molar-refractivity contribution in [3.63, 3.8) is 0 Å². The fourth-order valence-corrected chi connectivity index (χ4v) is 10.3. The van der Waals surface area contributed by atoms with Gasteiger partial charge in [-0.05, 0) is 107 Å². The van der Waals surface area contributed by atoms with Gasteiger partial charge in [0.1, 0.15) is 17.2 Å². The molecule has 0 saturated heterocycles. The number of hydrogen-bond acceptors (Lipinski definition) is 3. The Bertz CT molecular complexity index is 3970. The van der Waals surface area contributed by atoms with Crippen LogP contribution < -0.4 is 0 Å². The first-order valence-electron chi connectivity index (χ1n) is 22.5. The molecule has 0 aliphatic carbocycles. The average molecular weight is 841 g/mol. The molecule has 0 saturated carbocycles. The highest BCUT2D eigenvalue weighted by atomic mass is 16.3. The van der Waals surface area contributed by atoms with Crippen molar-refractivity contribution in [3.05, 3.63) is 253 Å². The molecule has 0 radical (unpaired) electrons. The molecule has 1 aromatic heterocycles. The Balaban J connectivity index is 0.941. The largest absolute Gasteiger partial charge is 0.455 e. The van der Waals surface area contributed by atoms with E-state index in [0.29, 0.717) is 5.84 Å². The maximum absolute atomic E-state index is 6.85. The van der Waals surface area contributed by atoms with E-state index < -0.39 is 0 Å². The molecule has 1 aliphatic heterocycles. The van der Waals surface area contributed by atoms with Gasteiger partial charge in [-0.1, -0.05) is 201 Å². The van der Waals surface area contributed by atoms with Gasteiger partial charge in [0.25, 0.3) is 0 Å². The van der Waals surface area contributed by atoms with Gasteiger partial charge in [-0.25, -0.2) is 4.99 Å². The molecule has 0 amide bonds. The zero-order valence-electron chi connectivity index (χ0n) is 35.9. The van der Waals surface area contributed by atoms with Gasteiger partial charge in [-0.15, -0.1) is 0 Å². The van der Waals surface area contributed by atoms with Crippen LogP contribution in [0.15, 0.2) is 251 Å². The summed E-state index contributed by atoms with van der Waals surface area (Å²) >= 11 is 0. The van der Waals surface area contributed by atoms with E-state index in [1.54, 1.807) is 0 Å². The van der Waals surface area contributed by atoms with Crippen molar-refractivity contribution in [1.82, 2.24) is 0 Å². The highest BCUT2D eigenvalue weighted by Gasteiger charge is 2.26. The molecule has 0 bridgehead atoms. The van der Waals surface area contributed by atoms with Crippen LogP contribution in [-0.2, 0) is 0 Å². The van der Waals surface area contributed by atoms with Crippen LogP contribution in [0.2, 0.25) is 0 Å². The Hall–Kier alpha value is -8.66. The lowest BCUT2D eigenvalue weighted by Crippen LogP contribution is -2.20. The SMILES string of the molecule is C=C1C(c2ccccc2)=NC(c2ccccc2)=NC1c1cccc(-c2cccc(-c3cc4c(oc5cccc(-c6ccc7c8ccccc8c8ccccc8c7c6)c54)c4ccccc34)c2)c1. The molecule has 0 fully saturated rings. The predicted molar refractivity (Wildman–Crippen MR) is 278 cm³/mol. The minimum Gasteiger partial charge on any atom is -0.455 e. The maximum atomic E-state index is 6.85. The third-order valence-electron chi connectivity index (χ3n) is 13.4. The molecule has 3 nitrogen and oxygen atoms in total. The summed E-state index contributed by atoms with van der Waals surface area (Å²) in [5, 5.41) is 12.0. The Morgan fingerprint density at radius 3 is 1.64 bits per heavy atom. The average Bonchev–Trinajstić information content (AvgIpc) is 3.78. The zero-order chi connectivity index (χ0) is 43.7. The van der Waals surface area contributed by atoms with Crippen LogP contribution in [0.3, 0.4) is 0 Å². The van der Waals surface area contributed by atoms with Gasteiger partial charge in [0.05, 0.1) is 5.71 Å². The summed E-state index contributed by atoms with van der Waals surface area (Å²) in [7, 11) is 0. The fourth-order valence-electron chi connectivity index (χ4n) is 10.3. The maximum Gasteiger partial charge on any atom is 0.156 e. The Morgan fingerprint density at radius 2 is 0.909 bits per heavy atom. The zero-order valence-corrected chi connectivity index (χ0v) is 35.9. The summed E-state index contributed by atoms with van der Waals surface area (Å²) in [4.78, 5) is 10.3. The van der Waals surface area contributed by atoms with Gasteiger partial charge in [-0.3, -0.25) is 4.99 Å². The molecular formula is C63H40N2O. The molecule has 11 aromatic carbocycles. The van der Waals surface area contributed by atoms with Gasteiger partial charge in [0.15, 0.2) is 5.84 Å². The van der Waals surface area contributed by atoms with E-state index in [1.807, 2.05) is 36.4 Å². The third kappa shape index (κ3) is 6.12. The van der Waals surface area contributed by atoms with E-state index in [2.05, 4.69) is 195 Å². The number of rotatable bonds is 6. The topological polar surface area (TPSA) is 37.9 Å². The minimum absolute atomic E-state index is 0.299. The van der Waals surface area contributed by atoms with Crippen molar-refractivity contribution in [2.24, 2.45) is 9.98 Å². The summed E-state index contributed by atoms with van der Waals surface area (Å²) in [5.41, 5.74) is 13.4. The molecule has 1 aliphatic rings. The standard InChI is InChI=1S/C63H40N2O/c1-39-60(40-17-4-2-5-18-40)64-63(41-19-6-3-7-20-41)65-61(39)46-24-15-22-43(36-46)42-21-14-23-44(35-42)55-38-57-59-47(31-16-32-58(59)66-62(57)54-30-13-12-29-52(54)55)45-33-34-53-50-27-9-8-25-48(50)49-26-10-11-28-51(49)56(53)37-45/h2-38,61H,1H2. The van der Waals surface area contributed by atoms with Crippen LogP contribution in [0.4, 0.5) is 0 Å². The summed E-state index contributed by atoms with van der Waals surface area (Å²) in [6, 6.07) is 79.8. The van der Waals surface area contributed by atoms with Crippen molar-refractivity contribution in [3.8, 4) is 33.4 Å². The Kier molecular flexibility index (Phi) is 8.75. The molecular weight excluding hydrogens is 801 g/mol. The third-order valence-corrected chi connectivity index (χ3v) is 13.4. The molecule has 12 aromatic rings. The van der Waals surface area contributed by atoms with Crippen LogP contribution >= 0.6 is 0 Å². The lowest BCUT2D eigenvalue weighted by Gasteiger charge is -2.24. The second-order valence-electron chi connectivity index (χ2n) is 17.3. The number of fused-ring (bicyclic) bond motifs is 11. The number of benzene rings is 11. The Labute approximate surface area is 382 Å². The first-order valence-corrected chi connectivity index (χ1v) is 22.5. The number of amidine groups is 1. The Morgan fingerprint density at radius 1 is 0.364 bits per heavy atom. The molecule has 0 N–H and O–H groups in total. The smallest absolute Gasteiger partial charge is 0.156 e. The summed E-state index contributed by atoms with van der Waals surface area (Å²) in [6.07, 6.45) is 0. The van der Waals surface area contributed by atoms with Gasteiger partial charge in [-0.2, -0.15) is 0 Å². The number of hydrogen-bond donors (Lipinski definition) is 0. The van der Waals surface area contributed by atoms with E-state index in [9.17, 15) is 0 Å². The lowest BCUT2D eigenvalue weighted by atomic mass is 9.89. The molecule has 308 valence electrons. The van der Waals surface area contributed by atoms with Crippen molar-refractivity contribution < 1.29 is 4.42 Å². The first-order chi connectivity index (χ1) is 32.6. The van der Waals surface area contributed by atoms with Crippen molar-refractivity contribution in [2.45, 2.75) is 6.04 Å². The van der Waals surface area contributed by atoms with Crippen LogP contribution in [0.25, 0.3) is 98.4 Å². The predicted octanol–water partition coefficient (Wildman–Crippen LogP) is 16.7. The second-order valence-corrected chi connectivity index (χ2v) is 17.3. The summed E-state index contributed by atoms with van der Waals surface area (Å²) in [6.45, 7) is 4.60. The van der Waals surface area contributed by atoms with Crippen LogP contribution in [-0.4, -0.2) is 11.5 Å². The molecule has 13 rings (SSSR count). The summed E-state index contributed by atoms with van der Waals surface area (Å²) < 4.78 is 6.85. The number of aliphatic imine (C=N–C) groups is 2. The molecule has 1 atom stereocenters. The lowest BCUT2D eigenvalue weighted by molar-refractivity contribution is 0.673. The number of furan rings is 1.